The van der Waals surface area contributed by atoms with Crippen LogP contribution >= 0.6 is 0 Å². The lowest BCUT2D eigenvalue weighted by atomic mass is 9.84. The second-order valence-electron chi connectivity index (χ2n) is 10.2. The number of rotatable bonds is 9. The lowest BCUT2D eigenvalue weighted by molar-refractivity contribution is -0.148. The maximum Gasteiger partial charge on any atom is 0.407 e. The fourth-order valence-electron chi connectivity index (χ4n) is 5.19. The lowest BCUT2D eigenvalue weighted by Gasteiger charge is -2.27. The van der Waals surface area contributed by atoms with Crippen LogP contribution in [0.2, 0.25) is 0 Å². The van der Waals surface area contributed by atoms with Gasteiger partial charge in [0.15, 0.2) is 0 Å². The summed E-state index contributed by atoms with van der Waals surface area (Å²) < 4.78 is 5.59. The molecule has 0 saturated carbocycles. The molecule has 186 valence electrons. The highest BCUT2D eigenvalue weighted by atomic mass is 16.5. The summed E-state index contributed by atoms with van der Waals surface area (Å²) in [5.74, 6) is -1.01. The normalized spacial score (nSPS) is 17.1. The predicted octanol–water partition coefficient (Wildman–Crippen LogP) is 4.80. The van der Waals surface area contributed by atoms with Crippen molar-refractivity contribution in [3.63, 3.8) is 0 Å². The number of hydrogen-bond donors (Lipinski definition) is 2. The van der Waals surface area contributed by atoms with Crippen LogP contribution in [0.4, 0.5) is 4.79 Å². The molecule has 0 radical (unpaired) electrons. The van der Waals surface area contributed by atoms with Crippen molar-refractivity contribution in [3.8, 4) is 11.1 Å². The molecule has 0 spiro atoms. The van der Waals surface area contributed by atoms with Gasteiger partial charge in [0.05, 0.1) is 0 Å². The molecular formula is C28H34N2O5. The smallest absolute Gasteiger partial charge is 0.407 e. The molecule has 1 heterocycles. The monoisotopic (exact) mass is 478 g/mol. The molecule has 1 saturated heterocycles. The van der Waals surface area contributed by atoms with Gasteiger partial charge in [-0.1, -0.05) is 62.4 Å². The Morgan fingerprint density at radius 2 is 1.66 bits per heavy atom. The molecule has 0 unspecified atom stereocenters. The molecule has 7 heteroatoms. The standard InChI is InChI=1S/C28H34N2O5/c1-28(2,14-13-25(31)30-17-7-12-24(30)26(32)33)15-16-29-27(34)35-18-23-21-10-5-3-8-19(21)20-9-4-6-11-22(20)23/h3-6,8-11,23-24H,7,12-18H2,1-2H3,(H,29,34)(H,32,33)/t24-/m1/s1. The van der Waals surface area contributed by atoms with E-state index in [0.717, 1.165) is 6.42 Å². The van der Waals surface area contributed by atoms with E-state index in [0.29, 0.717) is 38.8 Å². The van der Waals surface area contributed by atoms with Gasteiger partial charge in [-0.15, -0.1) is 0 Å². The SMILES string of the molecule is CC(C)(CCNC(=O)OCC1c2ccccc2-c2ccccc21)CCC(=O)N1CCC[C@@H]1C(=O)O. The summed E-state index contributed by atoms with van der Waals surface area (Å²) in [7, 11) is 0. The molecule has 2 aliphatic rings. The largest absolute Gasteiger partial charge is 0.480 e. The highest BCUT2D eigenvalue weighted by Crippen LogP contribution is 2.44. The maximum atomic E-state index is 12.5. The van der Waals surface area contributed by atoms with E-state index >= 15 is 0 Å². The number of carboxylic acids is 1. The Balaban J connectivity index is 1.22. The van der Waals surface area contributed by atoms with Gasteiger partial charge in [-0.05, 0) is 53.4 Å². The van der Waals surface area contributed by atoms with Crippen molar-refractivity contribution < 1.29 is 24.2 Å². The third-order valence-electron chi connectivity index (χ3n) is 7.29. The van der Waals surface area contributed by atoms with Crippen molar-refractivity contribution in [1.29, 1.82) is 0 Å². The first kappa shape index (κ1) is 24.8. The van der Waals surface area contributed by atoms with Crippen LogP contribution < -0.4 is 5.32 Å². The molecule has 0 bridgehead atoms. The number of amides is 2. The van der Waals surface area contributed by atoms with Crippen LogP contribution in [-0.2, 0) is 14.3 Å². The number of carbonyl (C=O) groups is 3. The molecule has 1 aliphatic heterocycles. The quantitative estimate of drug-likeness (QED) is 0.540. The number of fused-ring (bicyclic) bond motifs is 3. The first-order valence-electron chi connectivity index (χ1n) is 12.4. The summed E-state index contributed by atoms with van der Waals surface area (Å²) in [6, 6.07) is 15.8. The number of likely N-dealkylation sites (tertiary alicyclic amines) is 1. The average Bonchev–Trinajstić information content (AvgIpc) is 3.45. The number of carbonyl (C=O) groups excluding carboxylic acids is 2. The van der Waals surface area contributed by atoms with Crippen molar-refractivity contribution in [2.75, 3.05) is 19.7 Å². The lowest BCUT2D eigenvalue weighted by Crippen LogP contribution is -2.40. The molecule has 4 rings (SSSR count). The summed E-state index contributed by atoms with van der Waals surface area (Å²) in [6.07, 6.45) is 2.43. The summed E-state index contributed by atoms with van der Waals surface area (Å²) in [5, 5.41) is 12.1. The Morgan fingerprint density at radius 3 is 2.29 bits per heavy atom. The number of hydrogen-bond acceptors (Lipinski definition) is 4. The third-order valence-corrected chi connectivity index (χ3v) is 7.29. The molecule has 35 heavy (non-hydrogen) atoms. The van der Waals surface area contributed by atoms with Crippen LogP contribution in [0.3, 0.4) is 0 Å². The number of ether oxygens (including phenoxy) is 1. The first-order valence-corrected chi connectivity index (χ1v) is 12.4. The molecule has 0 aromatic heterocycles. The molecule has 1 aliphatic carbocycles. The number of aliphatic carboxylic acids is 1. The van der Waals surface area contributed by atoms with Crippen LogP contribution in [0.5, 0.6) is 0 Å². The summed E-state index contributed by atoms with van der Waals surface area (Å²) in [6.45, 7) is 5.34. The molecule has 2 N–H and O–H groups in total. The number of carboxylic acid groups (broad SMARTS) is 1. The fourth-order valence-corrected chi connectivity index (χ4v) is 5.19. The summed E-state index contributed by atoms with van der Waals surface area (Å²) >= 11 is 0. The van der Waals surface area contributed by atoms with Crippen molar-refractivity contribution in [2.24, 2.45) is 5.41 Å². The predicted molar refractivity (Wildman–Crippen MR) is 133 cm³/mol. The minimum absolute atomic E-state index is 0.0239. The van der Waals surface area contributed by atoms with Gasteiger partial charge in [0.1, 0.15) is 12.6 Å². The van der Waals surface area contributed by atoms with Crippen LogP contribution in [0, 0.1) is 5.41 Å². The van der Waals surface area contributed by atoms with Crippen molar-refractivity contribution in [1.82, 2.24) is 10.2 Å². The van der Waals surface area contributed by atoms with Gasteiger partial charge >= 0.3 is 12.1 Å². The Bertz CT molecular complexity index is 1050. The zero-order valence-electron chi connectivity index (χ0n) is 20.5. The van der Waals surface area contributed by atoms with E-state index in [9.17, 15) is 19.5 Å². The Morgan fingerprint density at radius 1 is 1.03 bits per heavy atom. The second kappa shape index (κ2) is 10.5. The Labute approximate surface area is 206 Å². The van der Waals surface area contributed by atoms with Crippen LogP contribution in [-0.4, -0.2) is 53.7 Å². The zero-order valence-corrected chi connectivity index (χ0v) is 20.5. The Kier molecular flexibility index (Phi) is 7.43. The van der Waals surface area contributed by atoms with Gasteiger partial charge in [0.2, 0.25) is 5.91 Å². The number of alkyl carbamates (subject to hydrolysis) is 1. The molecule has 7 nitrogen and oxygen atoms in total. The van der Waals surface area contributed by atoms with E-state index in [1.807, 2.05) is 24.3 Å². The fraction of sp³-hybridized carbons (Fsp3) is 0.464. The highest BCUT2D eigenvalue weighted by molar-refractivity contribution is 5.84. The Hall–Kier alpha value is -3.35. The highest BCUT2D eigenvalue weighted by Gasteiger charge is 2.34. The maximum absolute atomic E-state index is 12.5. The summed E-state index contributed by atoms with van der Waals surface area (Å²) in [5.41, 5.74) is 4.56. The van der Waals surface area contributed by atoms with E-state index in [4.69, 9.17) is 4.74 Å². The van der Waals surface area contributed by atoms with E-state index < -0.39 is 18.1 Å². The van der Waals surface area contributed by atoms with Crippen molar-refractivity contribution in [2.45, 2.75) is 57.9 Å². The van der Waals surface area contributed by atoms with Gasteiger partial charge < -0.3 is 20.1 Å². The second-order valence-corrected chi connectivity index (χ2v) is 10.2. The molecular weight excluding hydrogens is 444 g/mol. The van der Waals surface area contributed by atoms with E-state index in [1.165, 1.54) is 27.2 Å². The topological polar surface area (TPSA) is 95.9 Å². The number of nitrogens with zero attached hydrogens (tertiary/aromatic N) is 1. The minimum Gasteiger partial charge on any atom is -0.480 e. The molecule has 2 amide bonds. The molecule has 2 aromatic carbocycles. The molecule has 1 fully saturated rings. The van der Waals surface area contributed by atoms with Crippen LogP contribution in [0.25, 0.3) is 11.1 Å². The van der Waals surface area contributed by atoms with Crippen LogP contribution in [0.1, 0.15) is 63.0 Å². The van der Waals surface area contributed by atoms with E-state index in [-0.39, 0.29) is 23.8 Å². The van der Waals surface area contributed by atoms with Crippen LogP contribution in [0.15, 0.2) is 48.5 Å². The zero-order chi connectivity index (χ0) is 25.0. The van der Waals surface area contributed by atoms with Gasteiger partial charge in [0, 0.05) is 25.4 Å². The van der Waals surface area contributed by atoms with Crippen molar-refractivity contribution in [3.05, 3.63) is 59.7 Å². The van der Waals surface area contributed by atoms with E-state index in [1.54, 1.807) is 0 Å². The van der Waals surface area contributed by atoms with Gasteiger partial charge in [-0.3, -0.25) is 4.79 Å². The minimum atomic E-state index is -0.928. The third kappa shape index (κ3) is 5.66. The van der Waals surface area contributed by atoms with Gasteiger partial charge in [0.25, 0.3) is 0 Å². The summed E-state index contributed by atoms with van der Waals surface area (Å²) in [4.78, 5) is 37.8. The average molecular weight is 479 g/mol. The molecule has 2 aromatic rings. The number of nitrogens with one attached hydrogen (secondary N) is 1. The van der Waals surface area contributed by atoms with Gasteiger partial charge in [-0.25, -0.2) is 9.59 Å². The van der Waals surface area contributed by atoms with E-state index in [2.05, 4.69) is 43.4 Å². The molecule has 1 atom stereocenters. The van der Waals surface area contributed by atoms with Crippen molar-refractivity contribution >= 4 is 18.0 Å². The number of benzene rings is 2. The van der Waals surface area contributed by atoms with Gasteiger partial charge in [-0.2, -0.15) is 0 Å². The first-order chi connectivity index (χ1) is 16.8.